The Morgan fingerprint density at radius 1 is 0.333 bits per heavy atom. The van der Waals surface area contributed by atoms with E-state index in [0.29, 0.717) is 23.3 Å². The lowest BCUT2D eigenvalue weighted by molar-refractivity contribution is 1.08. The lowest BCUT2D eigenvalue weighted by atomic mass is 9.97. The second-order valence-electron chi connectivity index (χ2n) is 14.0. The number of hydrogen-bond acceptors (Lipinski definition) is 7. The Kier molecular flexibility index (Phi) is 7.89. The van der Waals surface area contributed by atoms with Crippen LogP contribution in [0.1, 0.15) is 0 Å². The highest BCUT2D eigenvalue weighted by Gasteiger charge is 2.16. The minimum absolute atomic E-state index is 0.640. The van der Waals surface area contributed by atoms with Crippen molar-refractivity contribution in [2.24, 2.45) is 0 Å². The molecule has 4 heterocycles. The third-order valence-corrected chi connectivity index (χ3v) is 11.5. The zero-order valence-corrected chi connectivity index (χ0v) is 31.2. The summed E-state index contributed by atoms with van der Waals surface area (Å²) in [6, 6.07) is 58.7. The molecule has 11 rings (SSSR count). The first-order valence-corrected chi connectivity index (χ1v) is 19.6. The zero-order chi connectivity index (χ0) is 37.7. The maximum absolute atomic E-state index is 5.09. The number of nitrogens with zero attached hydrogens (tertiary/aromatic N) is 6. The summed E-state index contributed by atoms with van der Waals surface area (Å²) in [5.41, 5.74) is 9.16. The second-order valence-corrected chi connectivity index (χ2v) is 15.0. The van der Waals surface area contributed by atoms with E-state index in [9.17, 15) is 0 Å². The van der Waals surface area contributed by atoms with E-state index in [1.807, 2.05) is 73.1 Å². The topological polar surface area (TPSA) is 77.3 Å². The van der Waals surface area contributed by atoms with E-state index in [4.69, 9.17) is 29.9 Å². The first-order chi connectivity index (χ1) is 28.2. The van der Waals surface area contributed by atoms with Crippen molar-refractivity contribution in [3.8, 4) is 67.8 Å². The lowest BCUT2D eigenvalue weighted by Crippen LogP contribution is -2.00. The van der Waals surface area contributed by atoms with Crippen molar-refractivity contribution in [1.82, 2.24) is 29.9 Å². The molecule has 0 aliphatic rings. The van der Waals surface area contributed by atoms with E-state index in [1.54, 1.807) is 11.3 Å². The quantitative estimate of drug-likeness (QED) is 0.169. The van der Waals surface area contributed by atoms with Gasteiger partial charge < -0.3 is 0 Å². The smallest absolute Gasteiger partial charge is 0.164 e. The molecule has 0 spiro atoms. The van der Waals surface area contributed by atoms with Gasteiger partial charge in [-0.05, 0) is 56.4 Å². The molecule has 0 amide bonds. The fourth-order valence-electron chi connectivity index (χ4n) is 7.51. The third-order valence-electron chi connectivity index (χ3n) is 10.4. The average Bonchev–Trinajstić information content (AvgIpc) is 3.66. The highest BCUT2D eigenvalue weighted by Crippen LogP contribution is 2.37. The highest BCUT2D eigenvalue weighted by atomic mass is 32.1. The van der Waals surface area contributed by atoms with Gasteiger partial charge in [-0.15, -0.1) is 11.3 Å². The molecule has 0 N–H and O–H groups in total. The summed E-state index contributed by atoms with van der Waals surface area (Å²) in [5, 5.41) is 5.65. The summed E-state index contributed by atoms with van der Waals surface area (Å²) < 4.78 is 1.02. The normalized spacial score (nSPS) is 11.5. The van der Waals surface area contributed by atoms with E-state index < -0.39 is 0 Å². The molecule has 0 bridgehead atoms. The van der Waals surface area contributed by atoms with E-state index in [-0.39, 0.29) is 0 Å². The summed E-state index contributed by atoms with van der Waals surface area (Å²) in [7, 11) is 0. The maximum Gasteiger partial charge on any atom is 0.164 e. The van der Waals surface area contributed by atoms with Crippen molar-refractivity contribution in [3.63, 3.8) is 0 Å². The number of benzene rings is 7. The Hall–Kier alpha value is -7.48. The van der Waals surface area contributed by atoms with Gasteiger partial charge in [-0.2, -0.15) is 0 Å². The standard InChI is InChI=1S/C50H30N6S/c1-3-11-33(12-4-1)47-54-48(34-13-5-2-6-14-34)56-49(55-47)42-17-9-16-39-27-37(24-25-41(39)42)32-18-21-35(22-19-32)46-51-30-44-45(53-46)43-28-40(29-52-50(43)57-44)38-23-20-31-10-7-8-15-36(31)26-38/h1-30H. The number of hydrogen-bond donors (Lipinski definition) is 0. The molecular weight excluding hydrogens is 717 g/mol. The Morgan fingerprint density at radius 2 is 0.930 bits per heavy atom. The number of rotatable bonds is 6. The largest absolute Gasteiger partial charge is 0.245 e. The molecule has 6 nitrogen and oxygen atoms in total. The van der Waals surface area contributed by atoms with Crippen LogP contribution >= 0.6 is 11.3 Å². The monoisotopic (exact) mass is 746 g/mol. The van der Waals surface area contributed by atoms with Gasteiger partial charge in [0.15, 0.2) is 23.3 Å². The zero-order valence-electron chi connectivity index (χ0n) is 30.4. The Morgan fingerprint density at radius 3 is 1.70 bits per heavy atom. The van der Waals surface area contributed by atoms with Gasteiger partial charge in [0, 0.05) is 45.6 Å². The Bertz CT molecular complexity index is 3230. The molecule has 0 radical (unpaired) electrons. The van der Waals surface area contributed by atoms with Crippen LogP contribution in [-0.4, -0.2) is 29.9 Å². The fraction of sp³-hybridized carbons (Fsp3) is 0. The van der Waals surface area contributed by atoms with Gasteiger partial charge in [0.05, 0.1) is 10.2 Å². The molecule has 0 aliphatic heterocycles. The van der Waals surface area contributed by atoms with Crippen LogP contribution in [0.3, 0.4) is 0 Å². The van der Waals surface area contributed by atoms with Crippen LogP contribution in [0.2, 0.25) is 0 Å². The average molecular weight is 747 g/mol. The lowest BCUT2D eigenvalue weighted by Gasteiger charge is -2.11. The minimum Gasteiger partial charge on any atom is -0.245 e. The van der Waals surface area contributed by atoms with Crippen LogP contribution in [0.15, 0.2) is 182 Å². The molecule has 0 saturated heterocycles. The third kappa shape index (κ3) is 6.07. The summed E-state index contributed by atoms with van der Waals surface area (Å²) in [6.45, 7) is 0. The van der Waals surface area contributed by atoms with Gasteiger partial charge >= 0.3 is 0 Å². The van der Waals surface area contributed by atoms with Crippen molar-refractivity contribution in [3.05, 3.63) is 182 Å². The number of pyridine rings is 1. The van der Waals surface area contributed by atoms with Crippen LogP contribution in [0, 0.1) is 0 Å². The predicted octanol–water partition coefficient (Wildman–Crippen LogP) is 12.7. The molecule has 0 unspecified atom stereocenters. The van der Waals surface area contributed by atoms with Crippen LogP contribution in [-0.2, 0) is 0 Å². The number of thiophene rings is 1. The van der Waals surface area contributed by atoms with Crippen molar-refractivity contribution in [2.75, 3.05) is 0 Å². The van der Waals surface area contributed by atoms with Crippen LogP contribution in [0.4, 0.5) is 0 Å². The van der Waals surface area contributed by atoms with Gasteiger partial charge in [0.2, 0.25) is 0 Å². The van der Waals surface area contributed by atoms with Crippen molar-refractivity contribution < 1.29 is 0 Å². The molecule has 7 aromatic carbocycles. The van der Waals surface area contributed by atoms with E-state index in [0.717, 1.165) is 75.7 Å². The molecule has 0 fully saturated rings. The maximum atomic E-state index is 5.09. The van der Waals surface area contributed by atoms with Crippen LogP contribution in [0.5, 0.6) is 0 Å². The van der Waals surface area contributed by atoms with E-state index >= 15 is 0 Å². The molecule has 57 heavy (non-hydrogen) atoms. The molecule has 7 heteroatoms. The number of aromatic nitrogens is 6. The predicted molar refractivity (Wildman–Crippen MR) is 234 cm³/mol. The SMILES string of the molecule is c1ccc(-c2nc(-c3ccccc3)nc(-c3cccc4cc(-c5ccc(-c6ncc7sc8ncc(-c9ccc%10ccccc%10c9)cc8c7n6)cc5)ccc34)n2)cc1. The van der Waals surface area contributed by atoms with E-state index in [2.05, 4.69) is 109 Å². The summed E-state index contributed by atoms with van der Waals surface area (Å²) in [6.07, 6.45) is 3.88. The highest BCUT2D eigenvalue weighted by molar-refractivity contribution is 7.25. The first kappa shape index (κ1) is 32.9. The van der Waals surface area contributed by atoms with Crippen molar-refractivity contribution in [2.45, 2.75) is 0 Å². The molecule has 0 aliphatic carbocycles. The first-order valence-electron chi connectivity index (χ1n) is 18.8. The van der Waals surface area contributed by atoms with E-state index in [1.165, 1.54) is 10.8 Å². The molecule has 4 aromatic heterocycles. The van der Waals surface area contributed by atoms with Gasteiger partial charge in [0.1, 0.15) is 4.83 Å². The van der Waals surface area contributed by atoms with Gasteiger partial charge in [-0.1, -0.05) is 152 Å². The van der Waals surface area contributed by atoms with Crippen LogP contribution in [0.25, 0.3) is 110 Å². The molecule has 0 saturated carbocycles. The Labute approximate surface area is 331 Å². The summed E-state index contributed by atoms with van der Waals surface area (Å²) in [4.78, 5) is 30.5. The second kappa shape index (κ2) is 13.7. The van der Waals surface area contributed by atoms with Crippen LogP contribution < -0.4 is 0 Å². The van der Waals surface area contributed by atoms with Gasteiger partial charge in [-0.25, -0.2) is 29.9 Å². The fourth-order valence-corrected chi connectivity index (χ4v) is 8.45. The Balaban J connectivity index is 0.920. The molecular formula is C50H30N6S. The molecule has 266 valence electrons. The molecule has 11 aromatic rings. The summed E-state index contributed by atoms with van der Waals surface area (Å²) >= 11 is 1.62. The van der Waals surface area contributed by atoms with Crippen molar-refractivity contribution >= 4 is 53.3 Å². The summed E-state index contributed by atoms with van der Waals surface area (Å²) in [5.74, 6) is 2.62. The van der Waals surface area contributed by atoms with Gasteiger partial charge in [0.25, 0.3) is 0 Å². The molecule has 0 atom stereocenters. The van der Waals surface area contributed by atoms with Gasteiger partial charge in [-0.3, -0.25) is 0 Å². The number of fused-ring (bicyclic) bond motifs is 5. The van der Waals surface area contributed by atoms with Crippen molar-refractivity contribution in [1.29, 1.82) is 0 Å². The minimum atomic E-state index is 0.640.